The van der Waals surface area contributed by atoms with Gasteiger partial charge in [-0.25, -0.2) is 0 Å². The first-order valence-corrected chi connectivity index (χ1v) is 9.53. The van der Waals surface area contributed by atoms with E-state index >= 15 is 0 Å². The van der Waals surface area contributed by atoms with Crippen molar-refractivity contribution in [3.05, 3.63) is 65.7 Å². The molecule has 1 fully saturated rings. The van der Waals surface area contributed by atoms with Gasteiger partial charge in [-0.1, -0.05) is 30.3 Å². The van der Waals surface area contributed by atoms with Gasteiger partial charge in [-0.05, 0) is 42.7 Å². The van der Waals surface area contributed by atoms with Gasteiger partial charge in [-0.2, -0.15) is 0 Å². The lowest BCUT2D eigenvalue weighted by molar-refractivity contribution is -0.917. The molecule has 2 N–H and O–H groups in total. The molecule has 1 amide bonds. The van der Waals surface area contributed by atoms with Crippen LogP contribution in [0.3, 0.4) is 0 Å². The van der Waals surface area contributed by atoms with Crippen molar-refractivity contribution in [3.63, 3.8) is 0 Å². The highest BCUT2D eigenvalue weighted by Gasteiger charge is 2.34. The number of aryl methyl sites for hydroxylation is 1. The Morgan fingerprint density at radius 2 is 1.81 bits per heavy atom. The van der Waals surface area contributed by atoms with E-state index in [-0.39, 0.29) is 5.91 Å². The minimum atomic E-state index is 0.161. The van der Waals surface area contributed by atoms with Crippen molar-refractivity contribution in [2.45, 2.75) is 38.3 Å². The average molecular weight is 353 g/mol. The molecule has 4 heteroatoms. The van der Waals surface area contributed by atoms with Crippen LogP contribution in [0.25, 0.3) is 0 Å². The van der Waals surface area contributed by atoms with Gasteiger partial charge in [0.25, 0.3) is 5.91 Å². The van der Waals surface area contributed by atoms with Gasteiger partial charge in [0.05, 0.1) is 13.2 Å². The summed E-state index contributed by atoms with van der Waals surface area (Å²) in [5.41, 5.74) is 2.58. The van der Waals surface area contributed by atoms with E-state index in [9.17, 15) is 4.79 Å². The molecule has 0 aromatic heterocycles. The highest BCUT2D eigenvalue weighted by molar-refractivity contribution is 5.76. The Morgan fingerprint density at radius 1 is 1.08 bits per heavy atom. The van der Waals surface area contributed by atoms with Crippen molar-refractivity contribution in [2.24, 2.45) is 0 Å². The van der Waals surface area contributed by atoms with Crippen LogP contribution < -0.4 is 15.0 Å². The molecule has 0 bridgehead atoms. The second-order valence-electron chi connectivity index (χ2n) is 7.07. The zero-order chi connectivity index (χ0) is 18.2. The van der Waals surface area contributed by atoms with Crippen LogP contribution in [0.5, 0.6) is 5.75 Å². The van der Waals surface area contributed by atoms with Crippen molar-refractivity contribution in [1.29, 1.82) is 0 Å². The summed E-state index contributed by atoms with van der Waals surface area (Å²) in [5, 5.41) is 3.09. The van der Waals surface area contributed by atoms with Gasteiger partial charge in [0.15, 0.2) is 6.54 Å². The summed E-state index contributed by atoms with van der Waals surface area (Å²) in [6.45, 7) is 2.20. The summed E-state index contributed by atoms with van der Waals surface area (Å²) in [4.78, 5) is 13.7. The molecule has 0 radical (unpaired) electrons. The third-order valence-corrected chi connectivity index (χ3v) is 4.94. The third kappa shape index (κ3) is 5.88. The van der Waals surface area contributed by atoms with Gasteiger partial charge in [0, 0.05) is 24.9 Å². The van der Waals surface area contributed by atoms with Gasteiger partial charge in [0.1, 0.15) is 12.3 Å². The monoisotopic (exact) mass is 353 g/mol. The zero-order valence-electron chi connectivity index (χ0n) is 15.5. The van der Waals surface area contributed by atoms with Crippen LogP contribution in [0, 0.1) is 0 Å². The normalized spacial score (nSPS) is 14.7. The number of nitrogens with one attached hydrogen (secondary N) is 2. The number of benzene rings is 2. The van der Waals surface area contributed by atoms with E-state index in [1.165, 1.54) is 28.9 Å². The van der Waals surface area contributed by atoms with Gasteiger partial charge in [-0.3, -0.25) is 4.79 Å². The molecule has 0 saturated heterocycles. The van der Waals surface area contributed by atoms with Gasteiger partial charge in [-0.15, -0.1) is 0 Å². The van der Waals surface area contributed by atoms with Crippen molar-refractivity contribution in [1.82, 2.24) is 5.32 Å². The number of quaternary nitrogens is 1. The van der Waals surface area contributed by atoms with Crippen LogP contribution in [0.2, 0.25) is 0 Å². The quantitative estimate of drug-likeness (QED) is 0.642. The summed E-state index contributed by atoms with van der Waals surface area (Å²) in [6, 6.07) is 19.2. The Labute approximate surface area is 156 Å². The molecule has 3 rings (SSSR count). The first-order valence-electron chi connectivity index (χ1n) is 9.53. The zero-order valence-corrected chi connectivity index (χ0v) is 15.5. The number of ether oxygens (including phenoxy) is 1. The Hall–Kier alpha value is -2.33. The summed E-state index contributed by atoms with van der Waals surface area (Å²) < 4.78 is 5.21. The van der Waals surface area contributed by atoms with E-state index in [1.807, 2.05) is 18.2 Å². The molecule has 4 nitrogen and oxygen atoms in total. The average Bonchev–Trinajstić information content (AvgIpc) is 3.51. The molecule has 2 aromatic rings. The fourth-order valence-electron chi connectivity index (χ4n) is 3.28. The fraction of sp³-hybridized carbons (Fsp3) is 0.409. The van der Waals surface area contributed by atoms with Gasteiger partial charge in [0.2, 0.25) is 0 Å². The number of rotatable bonds is 10. The lowest BCUT2D eigenvalue weighted by Gasteiger charge is -2.19. The topological polar surface area (TPSA) is 42.8 Å². The molecule has 26 heavy (non-hydrogen) atoms. The minimum absolute atomic E-state index is 0.161. The molecule has 1 atom stereocenters. The van der Waals surface area contributed by atoms with Crippen molar-refractivity contribution < 1.29 is 14.4 Å². The predicted molar refractivity (Wildman–Crippen MR) is 103 cm³/mol. The van der Waals surface area contributed by atoms with Gasteiger partial charge >= 0.3 is 0 Å². The Morgan fingerprint density at radius 3 is 2.46 bits per heavy atom. The predicted octanol–water partition coefficient (Wildman–Crippen LogP) is 1.99. The lowest BCUT2D eigenvalue weighted by atomic mass is 10.1. The molecule has 1 aliphatic rings. The van der Waals surface area contributed by atoms with Crippen LogP contribution in [0.15, 0.2) is 54.6 Å². The molecule has 1 saturated carbocycles. The van der Waals surface area contributed by atoms with Crippen LogP contribution in [-0.2, 0) is 17.8 Å². The Balaban J connectivity index is 1.41. The maximum atomic E-state index is 12.3. The second kappa shape index (κ2) is 9.39. The van der Waals surface area contributed by atoms with Crippen LogP contribution in [0.1, 0.15) is 30.4 Å². The summed E-state index contributed by atoms with van der Waals surface area (Å²) in [7, 11) is 1.68. The smallest absolute Gasteiger partial charge is 0.275 e. The molecule has 1 aliphatic carbocycles. The summed E-state index contributed by atoms with van der Waals surface area (Å²) in [5.74, 6) is 1.03. The highest BCUT2D eigenvalue weighted by atomic mass is 16.5. The summed E-state index contributed by atoms with van der Waals surface area (Å²) >= 11 is 0. The molecular weight excluding hydrogens is 324 g/mol. The molecule has 2 aromatic carbocycles. The van der Waals surface area contributed by atoms with Crippen molar-refractivity contribution >= 4 is 5.91 Å². The van der Waals surface area contributed by atoms with E-state index < -0.39 is 0 Å². The maximum Gasteiger partial charge on any atom is 0.275 e. The molecule has 0 heterocycles. The van der Waals surface area contributed by atoms with E-state index in [2.05, 4.69) is 41.7 Å². The number of hydrogen-bond donors (Lipinski definition) is 2. The van der Waals surface area contributed by atoms with E-state index in [0.29, 0.717) is 12.6 Å². The third-order valence-electron chi connectivity index (χ3n) is 4.94. The molecule has 0 aliphatic heterocycles. The number of methoxy groups -OCH3 is 1. The van der Waals surface area contributed by atoms with Crippen molar-refractivity contribution in [2.75, 3.05) is 20.2 Å². The molecule has 138 valence electrons. The molecular formula is C22H29N2O2+. The van der Waals surface area contributed by atoms with Crippen LogP contribution >= 0.6 is 0 Å². The standard InChI is InChI=1S/C22H28N2O2/c1-26-21-13-9-19(10-14-21)16-24(20-11-12-20)17-22(25)23-15-5-8-18-6-3-2-4-7-18/h2-4,6-7,9-10,13-14,20H,5,8,11-12,15-17H2,1H3,(H,23,25)/p+1. The SMILES string of the molecule is COc1ccc(C[NH+](CC(=O)NCCCc2ccccc2)C2CC2)cc1. The molecule has 1 unspecified atom stereocenters. The first-order chi connectivity index (χ1) is 12.7. The minimum Gasteiger partial charge on any atom is -0.497 e. The highest BCUT2D eigenvalue weighted by Crippen LogP contribution is 2.16. The van der Waals surface area contributed by atoms with Crippen LogP contribution in [0.4, 0.5) is 0 Å². The number of hydrogen-bond acceptors (Lipinski definition) is 2. The number of carbonyl (C=O) groups is 1. The second-order valence-corrected chi connectivity index (χ2v) is 7.07. The lowest BCUT2D eigenvalue weighted by Crippen LogP contribution is -3.13. The van der Waals surface area contributed by atoms with E-state index in [1.54, 1.807) is 7.11 Å². The molecule has 0 spiro atoms. The Kier molecular flexibility index (Phi) is 6.67. The fourth-order valence-corrected chi connectivity index (χ4v) is 3.28. The maximum absolute atomic E-state index is 12.3. The van der Waals surface area contributed by atoms with Crippen molar-refractivity contribution in [3.8, 4) is 5.75 Å². The summed E-state index contributed by atoms with van der Waals surface area (Å²) in [6.07, 6.45) is 4.44. The Bertz CT molecular complexity index is 681. The van der Waals surface area contributed by atoms with Gasteiger partial charge < -0.3 is 15.0 Å². The van der Waals surface area contributed by atoms with E-state index in [4.69, 9.17) is 4.74 Å². The van der Waals surface area contributed by atoms with Crippen LogP contribution in [-0.4, -0.2) is 32.1 Å². The van der Waals surface area contributed by atoms with E-state index in [0.717, 1.165) is 31.7 Å². The number of amides is 1. The largest absolute Gasteiger partial charge is 0.497 e. The number of carbonyl (C=O) groups excluding carboxylic acids is 1. The first kappa shape index (κ1) is 18.5.